The van der Waals surface area contributed by atoms with Crippen molar-refractivity contribution in [1.29, 1.82) is 0 Å². The fourth-order valence-electron chi connectivity index (χ4n) is 3.35. The molecule has 3 nitrogen and oxygen atoms in total. The topological polar surface area (TPSA) is 47.0 Å². The molecule has 1 saturated carbocycles. The third-order valence-corrected chi connectivity index (χ3v) is 5.39. The first-order chi connectivity index (χ1) is 11.0. The molecule has 0 atom stereocenters. The minimum atomic E-state index is -3.01. The first kappa shape index (κ1) is 16.2. The van der Waals surface area contributed by atoms with Gasteiger partial charge >= 0.3 is 0 Å². The van der Waals surface area contributed by atoms with E-state index in [9.17, 15) is 8.42 Å². The predicted octanol–water partition coefficient (Wildman–Crippen LogP) is 4.34. The summed E-state index contributed by atoms with van der Waals surface area (Å²) in [5, 5.41) is 0. The average Bonchev–Trinajstić information content (AvgIpc) is 2.55. The zero-order valence-corrected chi connectivity index (χ0v) is 14.3. The summed E-state index contributed by atoms with van der Waals surface area (Å²) in [7, 11) is -3.01. The van der Waals surface area contributed by atoms with E-state index in [0.29, 0.717) is 5.92 Å². The van der Waals surface area contributed by atoms with Crippen molar-refractivity contribution in [3.8, 4) is 11.3 Å². The van der Waals surface area contributed by atoms with E-state index < -0.39 is 9.84 Å². The van der Waals surface area contributed by atoms with Crippen molar-refractivity contribution in [1.82, 2.24) is 4.98 Å². The molecule has 0 amide bonds. The molecule has 0 spiro atoms. The molecule has 1 aromatic carbocycles. The molecule has 0 radical (unpaired) electrons. The van der Waals surface area contributed by atoms with Crippen molar-refractivity contribution >= 4 is 9.84 Å². The van der Waals surface area contributed by atoms with Crippen LogP contribution in [0.15, 0.2) is 42.6 Å². The summed E-state index contributed by atoms with van der Waals surface area (Å²) in [5.41, 5.74) is 4.13. The molecule has 23 heavy (non-hydrogen) atoms. The average molecular weight is 329 g/mol. The fourth-order valence-corrected chi connectivity index (χ4v) is 4.12. The van der Waals surface area contributed by atoms with Gasteiger partial charge in [0.1, 0.15) is 0 Å². The van der Waals surface area contributed by atoms with Gasteiger partial charge in [0.05, 0.1) is 11.4 Å². The molecule has 0 unspecified atom stereocenters. The number of hydrogen-bond donors (Lipinski definition) is 0. The SMILES string of the molecule is CS(=O)(=O)Cc1ccc(-c2ccc(C3CCCCC3)cc2)nc1. The highest BCUT2D eigenvalue weighted by Gasteiger charge is 2.15. The van der Waals surface area contributed by atoms with Crippen LogP contribution in [0.5, 0.6) is 0 Å². The minimum absolute atomic E-state index is 0.0426. The number of nitrogens with zero attached hydrogens (tertiary/aromatic N) is 1. The summed E-state index contributed by atoms with van der Waals surface area (Å²) in [6.07, 6.45) is 9.57. The Bertz CT molecular complexity index is 743. The van der Waals surface area contributed by atoms with Crippen molar-refractivity contribution in [3.63, 3.8) is 0 Å². The molecule has 1 aliphatic rings. The zero-order chi connectivity index (χ0) is 16.3. The summed E-state index contributed by atoms with van der Waals surface area (Å²) >= 11 is 0. The molecule has 0 N–H and O–H groups in total. The minimum Gasteiger partial charge on any atom is -0.256 e. The van der Waals surface area contributed by atoms with Crippen molar-refractivity contribution in [2.24, 2.45) is 0 Å². The Hall–Kier alpha value is -1.68. The van der Waals surface area contributed by atoms with Gasteiger partial charge in [-0.15, -0.1) is 0 Å². The van der Waals surface area contributed by atoms with Crippen LogP contribution in [0.3, 0.4) is 0 Å². The summed E-state index contributed by atoms with van der Waals surface area (Å²) in [4.78, 5) is 4.41. The van der Waals surface area contributed by atoms with Crippen LogP contribution in [0.4, 0.5) is 0 Å². The lowest BCUT2D eigenvalue weighted by Gasteiger charge is -2.22. The van der Waals surface area contributed by atoms with Gasteiger partial charge in [0.2, 0.25) is 0 Å². The summed E-state index contributed by atoms with van der Waals surface area (Å²) in [6.45, 7) is 0. The van der Waals surface area contributed by atoms with Crippen molar-refractivity contribution in [2.45, 2.75) is 43.8 Å². The summed E-state index contributed by atoms with van der Waals surface area (Å²) in [5.74, 6) is 0.754. The predicted molar refractivity (Wildman–Crippen MR) is 94.0 cm³/mol. The first-order valence-electron chi connectivity index (χ1n) is 8.24. The molecular formula is C19H23NO2S. The molecule has 4 heteroatoms. The second-order valence-corrected chi connectivity index (χ2v) is 8.72. The van der Waals surface area contributed by atoms with Gasteiger partial charge in [-0.05, 0) is 36.0 Å². The van der Waals surface area contributed by atoms with Gasteiger partial charge in [-0.25, -0.2) is 8.42 Å². The largest absolute Gasteiger partial charge is 0.256 e. The zero-order valence-electron chi connectivity index (χ0n) is 13.5. The second-order valence-electron chi connectivity index (χ2n) is 6.58. The van der Waals surface area contributed by atoms with Crippen LogP contribution < -0.4 is 0 Å². The number of aromatic nitrogens is 1. The third kappa shape index (κ3) is 4.41. The highest BCUT2D eigenvalue weighted by Crippen LogP contribution is 2.33. The highest BCUT2D eigenvalue weighted by atomic mass is 32.2. The number of benzene rings is 1. The number of sulfone groups is 1. The first-order valence-corrected chi connectivity index (χ1v) is 10.3. The molecule has 3 rings (SSSR count). The molecule has 0 saturated heterocycles. The maximum absolute atomic E-state index is 11.3. The van der Waals surface area contributed by atoms with Crippen LogP contribution >= 0.6 is 0 Å². The molecule has 0 aliphatic heterocycles. The van der Waals surface area contributed by atoms with Gasteiger partial charge in [-0.2, -0.15) is 0 Å². The molecular weight excluding hydrogens is 306 g/mol. The maximum Gasteiger partial charge on any atom is 0.151 e. The van der Waals surface area contributed by atoms with Crippen LogP contribution in [-0.2, 0) is 15.6 Å². The van der Waals surface area contributed by atoms with Gasteiger partial charge in [0.25, 0.3) is 0 Å². The molecule has 122 valence electrons. The van der Waals surface area contributed by atoms with Crippen LogP contribution in [0.1, 0.15) is 49.1 Å². The Kier molecular flexibility index (Phi) is 4.81. The van der Waals surface area contributed by atoms with Crippen molar-refractivity contribution in [3.05, 3.63) is 53.7 Å². The quantitative estimate of drug-likeness (QED) is 0.838. The van der Waals surface area contributed by atoms with Crippen LogP contribution in [0.2, 0.25) is 0 Å². The lowest BCUT2D eigenvalue weighted by Crippen LogP contribution is -2.04. The Labute approximate surface area is 138 Å². The Morgan fingerprint density at radius 2 is 1.70 bits per heavy atom. The number of hydrogen-bond acceptors (Lipinski definition) is 3. The lowest BCUT2D eigenvalue weighted by molar-refractivity contribution is 0.443. The Balaban J connectivity index is 1.74. The molecule has 1 aliphatic carbocycles. The van der Waals surface area contributed by atoms with Gasteiger partial charge in [0, 0.05) is 18.0 Å². The highest BCUT2D eigenvalue weighted by molar-refractivity contribution is 7.89. The van der Waals surface area contributed by atoms with E-state index in [-0.39, 0.29) is 5.75 Å². The second kappa shape index (κ2) is 6.83. The molecule has 1 fully saturated rings. The van der Waals surface area contributed by atoms with E-state index in [0.717, 1.165) is 16.8 Å². The molecule has 1 aromatic heterocycles. The smallest absolute Gasteiger partial charge is 0.151 e. The Morgan fingerprint density at radius 3 is 2.26 bits per heavy atom. The van der Waals surface area contributed by atoms with Gasteiger partial charge in [-0.1, -0.05) is 49.6 Å². The van der Waals surface area contributed by atoms with E-state index in [1.165, 1.54) is 43.9 Å². The van der Waals surface area contributed by atoms with Gasteiger partial charge in [-0.3, -0.25) is 4.98 Å². The van der Waals surface area contributed by atoms with Crippen molar-refractivity contribution in [2.75, 3.05) is 6.26 Å². The van der Waals surface area contributed by atoms with E-state index in [1.54, 1.807) is 6.20 Å². The molecule has 0 bridgehead atoms. The molecule has 1 heterocycles. The Morgan fingerprint density at radius 1 is 1.00 bits per heavy atom. The van der Waals surface area contributed by atoms with Crippen LogP contribution in [0.25, 0.3) is 11.3 Å². The fraction of sp³-hybridized carbons (Fsp3) is 0.421. The van der Waals surface area contributed by atoms with E-state index in [1.807, 2.05) is 12.1 Å². The van der Waals surface area contributed by atoms with E-state index >= 15 is 0 Å². The normalized spacial score (nSPS) is 16.4. The number of rotatable bonds is 4. The van der Waals surface area contributed by atoms with Crippen LogP contribution in [-0.4, -0.2) is 19.7 Å². The van der Waals surface area contributed by atoms with E-state index in [4.69, 9.17) is 0 Å². The summed E-state index contributed by atoms with van der Waals surface area (Å²) < 4.78 is 22.6. The standard InChI is InChI=1S/C19H23NO2S/c1-23(21,22)14-15-7-12-19(20-13-15)18-10-8-17(9-11-18)16-5-3-2-4-6-16/h7-13,16H,2-6,14H2,1H3. The van der Waals surface area contributed by atoms with Crippen LogP contribution in [0, 0.1) is 0 Å². The number of pyridine rings is 1. The monoisotopic (exact) mass is 329 g/mol. The lowest BCUT2D eigenvalue weighted by atomic mass is 9.84. The van der Waals surface area contributed by atoms with Crippen molar-refractivity contribution < 1.29 is 8.42 Å². The van der Waals surface area contributed by atoms with E-state index in [2.05, 4.69) is 29.2 Å². The third-order valence-electron chi connectivity index (χ3n) is 4.54. The maximum atomic E-state index is 11.3. The molecule has 2 aromatic rings. The van der Waals surface area contributed by atoms with Gasteiger partial charge in [0.15, 0.2) is 9.84 Å². The van der Waals surface area contributed by atoms with Gasteiger partial charge < -0.3 is 0 Å². The summed E-state index contributed by atoms with van der Waals surface area (Å²) in [6, 6.07) is 12.4.